The molecule has 0 bridgehead atoms. The molecule has 4 nitrogen and oxygen atoms in total. The molecule has 3 rings (SSSR count). The van der Waals surface area contributed by atoms with E-state index in [4.69, 9.17) is 9.47 Å². The molecule has 1 aromatic heterocycles. The number of ether oxygens (including phenoxy) is 2. The number of rotatable bonds is 0. The monoisotopic (exact) mass is 252 g/mol. The summed E-state index contributed by atoms with van der Waals surface area (Å²) in [5, 5.41) is 4.44. The van der Waals surface area contributed by atoms with Gasteiger partial charge in [0.25, 0.3) is 0 Å². The van der Waals surface area contributed by atoms with E-state index in [0.717, 1.165) is 32.2 Å². The Bertz CT molecular complexity index is 414. The average Bonchev–Trinajstić information content (AvgIpc) is 2.71. The SMILES string of the molecule is CC.CC(C)(C)c1cnn2c1OCC1(COC1)C2. The zero-order chi connectivity index (χ0) is 13.4. The Morgan fingerprint density at radius 1 is 1.22 bits per heavy atom. The zero-order valence-electron chi connectivity index (χ0n) is 12.1. The zero-order valence-corrected chi connectivity index (χ0v) is 12.1. The predicted octanol–water partition coefficient (Wildman–Crippen LogP) is 2.62. The third-order valence-electron chi connectivity index (χ3n) is 3.42. The highest BCUT2D eigenvalue weighted by molar-refractivity contribution is 5.32. The van der Waals surface area contributed by atoms with Gasteiger partial charge in [0.2, 0.25) is 5.88 Å². The van der Waals surface area contributed by atoms with Crippen molar-refractivity contribution in [2.75, 3.05) is 19.8 Å². The lowest BCUT2D eigenvalue weighted by atomic mass is 9.85. The van der Waals surface area contributed by atoms with Crippen LogP contribution in [0.5, 0.6) is 5.88 Å². The van der Waals surface area contributed by atoms with Crippen molar-refractivity contribution in [2.45, 2.75) is 46.6 Å². The summed E-state index contributed by atoms with van der Waals surface area (Å²) in [5.74, 6) is 0.949. The largest absolute Gasteiger partial charge is 0.477 e. The van der Waals surface area contributed by atoms with Gasteiger partial charge in [0, 0.05) is 5.56 Å². The Morgan fingerprint density at radius 2 is 1.89 bits per heavy atom. The molecule has 1 spiro atoms. The van der Waals surface area contributed by atoms with E-state index in [-0.39, 0.29) is 10.8 Å². The number of hydrogen-bond acceptors (Lipinski definition) is 3. The van der Waals surface area contributed by atoms with E-state index in [1.165, 1.54) is 5.56 Å². The van der Waals surface area contributed by atoms with Gasteiger partial charge in [-0.2, -0.15) is 5.10 Å². The number of hydrogen-bond donors (Lipinski definition) is 0. The molecule has 1 aromatic rings. The smallest absolute Gasteiger partial charge is 0.215 e. The summed E-state index contributed by atoms with van der Waals surface area (Å²) in [6.07, 6.45) is 1.94. The highest BCUT2D eigenvalue weighted by Gasteiger charge is 2.44. The van der Waals surface area contributed by atoms with Gasteiger partial charge >= 0.3 is 0 Å². The van der Waals surface area contributed by atoms with E-state index in [9.17, 15) is 0 Å². The fraction of sp³-hybridized carbons (Fsp3) is 0.786. The van der Waals surface area contributed by atoms with E-state index in [1.807, 2.05) is 24.7 Å². The molecule has 1 saturated heterocycles. The van der Waals surface area contributed by atoms with E-state index in [1.54, 1.807) is 0 Å². The van der Waals surface area contributed by atoms with Crippen molar-refractivity contribution in [3.63, 3.8) is 0 Å². The highest BCUT2D eigenvalue weighted by Crippen LogP contribution is 2.39. The number of nitrogens with zero attached hydrogens (tertiary/aromatic N) is 2. The molecule has 2 aliphatic heterocycles. The van der Waals surface area contributed by atoms with Crippen LogP contribution in [-0.2, 0) is 16.7 Å². The lowest BCUT2D eigenvalue weighted by molar-refractivity contribution is -0.154. The van der Waals surface area contributed by atoms with Crippen molar-refractivity contribution in [3.8, 4) is 5.88 Å². The Labute approximate surface area is 109 Å². The Kier molecular flexibility index (Phi) is 3.41. The molecule has 0 aromatic carbocycles. The summed E-state index contributed by atoms with van der Waals surface area (Å²) in [4.78, 5) is 0. The summed E-state index contributed by atoms with van der Waals surface area (Å²) in [7, 11) is 0. The quantitative estimate of drug-likeness (QED) is 0.712. The van der Waals surface area contributed by atoms with Crippen LogP contribution >= 0.6 is 0 Å². The molecule has 0 amide bonds. The second-order valence-corrected chi connectivity index (χ2v) is 6.05. The first-order valence-corrected chi connectivity index (χ1v) is 6.77. The standard InChI is InChI=1S/C12H18N2O2.C2H6/c1-11(2,3)9-4-13-14-5-12(6-15-7-12)8-16-10(9)14;1-2/h4H,5-8H2,1-3H3;1-2H3. The average molecular weight is 252 g/mol. The van der Waals surface area contributed by atoms with E-state index >= 15 is 0 Å². The van der Waals surface area contributed by atoms with Crippen LogP contribution in [0.3, 0.4) is 0 Å². The van der Waals surface area contributed by atoms with Gasteiger partial charge in [-0.15, -0.1) is 0 Å². The molecule has 0 atom stereocenters. The number of fused-ring (bicyclic) bond motifs is 1. The molecule has 2 aliphatic rings. The summed E-state index contributed by atoms with van der Waals surface area (Å²) < 4.78 is 13.2. The topological polar surface area (TPSA) is 36.3 Å². The Morgan fingerprint density at radius 3 is 2.39 bits per heavy atom. The minimum Gasteiger partial charge on any atom is -0.477 e. The Balaban J connectivity index is 0.000000574. The summed E-state index contributed by atoms with van der Waals surface area (Å²) >= 11 is 0. The van der Waals surface area contributed by atoms with Gasteiger partial charge in [0.1, 0.15) is 6.61 Å². The maximum Gasteiger partial charge on any atom is 0.215 e. The van der Waals surface area contributed by atoms with Crippen LogP contribution in [0.1, 0.15) is 40.2 Å². The summed E-state index contributed by atoms with van der Waals surface area (Å²) in [6.45, 7) is 13.9. The first-order chi connectivity index (χ1) is 8.50. The van der Waals surface area contributed by atoms with Crippen LogP contribution in [0.2, 0.25) is 0 Å². The maximum absolute atomic E-state index is 5.90. The number of aromatic nitrogens is 2. The lowest BCUT2D eigenvalue weighted by Crippen LogP contribution is -2.52. The third-order valence-corrected chi connectivity index (χ3v) is 3.42. The van der Waals surface area contributed by atoms with Crippen LogP contribution in [0.15, 0.2) is 6.20 Å². The van der Waals surface area contributed by atoms with E-state index in [0.29, 0.717) is 0 Å². The molecule has 102 valence electrons. The van der Waals surface area contributed by atoms with Crippen LogP contribution < -0.4 is 4.74 Å². The Hall–Kier alpha value is -1.03. The van der Waals surface area contributed by atoms with Crippen molar-refractivity contribution in [1.82, 2.24) is 9.78 Å². The normalized spacial score (nSPS) is 20.3. The summed E-state index contributed by atoms with van der Waals surface area (Å²) in [5.41, 5.74) is 1.48. The maximum atomic E-state index is 5.90. The van der Waals surface area contributed by atoms with Gasteiger partial charge in [-0.1, -0.05) is 34.6 Å². The van der Waals surface area contributed by atoms with Crippen molar-refractivity contribution in [3.05, 3.63) is 11.8 Å². The molecule has 18 heavy (non-hydrogen) atoms. The van der Waals surface area contributed by atoms with Crippen LogP contribution in [0, 0.1) is 5.41 Å². The van der Waals surface area contributed by atoms with Crippen molar-refractivity contribution in [1.29, 1.82) is 0 Å². The molecule has 0 unspecified atom stereocenters. The molecular weight excluding hydrogens is 228 g/mol. The molecule has 1 fully saturated rings. The fourth-order valence-corrected chi connectivity index (χ4v) is 2.30. The molecule has 4 heteroatoms. The van der Waals surface area contributed by atoms with Crippen molar-refractivity contribution in [2.24, 2.45) is 5.41 Å². The van der Waals surface area contributed by atoms with Crippen LogP contribution in [0.4, 0.5) is 0 Å². The van der Waals surface area contributed by atoms with E-state index in [2.05, 4.69) is 25.9 Å². The first-order valence-electron chi connectivity index (χ1n) is 6.77. The van der Waals surface area contributed by atoms with Gasteiger partial charge < -0.3 is 9.47 Å². The van der Waals surface area contributed by atoms with Gasteiger partial charge in [0.15, 0.2) is 0 Å². The summed E-state index contributed by atoms with van der Waals surface area (Å²) in [6, 6.07) is 0. The molecule has 0 aliphatic carbocycles. The third kappa shape index (κ3) is 2.14. The second-order valence-electron chi connectivity index (χ2n) is 6.05. The van der Waals surface area contributed by atoms with Crippen molar-refractivity contribution < 1.29 is 9.47 Å². The van der Waals surface area contributed by atoms with Gasteiger partial charge in [-0.25, -0.2) is 4.68 Å². The molecule has 0 radical (unpaired) electrons. The van der Waals surface area contributed by atoms with E-state index < -0.39 is 0 Å². The van der Waals surface area contributed by atoms with Crippen LogP contribution in [-0.4, -0.2) is 29.6 Å². The van der Waals surface area contributed by atoms with Gasteiger partial charge in [-0.3, -0.25) is 0 Å². The van der Waals surface area contributed by atoms with Gasteiger partial charge in [0.05, 0.1) is 31.4 Å². The van der Waals surface area contributed by atoms with Crippen LogP contribution in [0.25, 0.3) is 0 Å². The van der Waals surface area contributed by atoms with Gasteiger partial charge in [-0.05, 0) is 5.41 Å². The fourth-order valence-electron chi connectivity index (χ4n) is 2.30. The highest BCUT2D eigenvalue weighted by atomic mass is 16.5. The lowest BCUT2D eigenvalue weighted by Gasteiger charge is -2.43. The molecule has 0 saturated carbocycles. The molecule has 0 N–H and O–H groups in total. The first kappa shape index (κ1) is 13.4. The minimum atomic E-state index is 0.0915. The molecular formula is C14H24N2O2. The second kappa shape index (κ2) is 4.57. The minimum absolute atomic E-state index is 0.0915. The predicted molar refractivity (Wildman–Crippen MR) is 71.0 cm³/mol. The molecule has 3 heterocycles. The van der Waals surface area contributed by atoms with Crippen molar-refractivity contribution >= 4 is 0 Å².